The van der Waals surface area contributed by atoms with E-state index in [0.717, 1.165) is 5.56 Å². The summed E-state index contributed by atoms with van der Waals surface area (Å²) in [5, 5.41) is 0.703. The average molecular weight is 481 g/mol. The maximum absolute atomic E-state index is 12.0. The van der Waals surface area contributed by atoms with Gasteiger partial charge >= 0.3 is 6.09 Å². The van der Waals surface area contributed by atoms with Crippen LogP contribution >= 0.6 is 35.6 Å². The van der Waals surface area contributed by atoms with Crippen LogP contribution in [0.1, 0.15) is 26.3 Å². The quantitative estimate of drug-likeness (QED) is 0.400. The second-order valence-electron chi connectivity index (χ2n) is 6.76. The molecule has 8 heteroatoms. The number of ether oxygens (including phenoxy) is 1. The molecule has 1 amide bonds. The fraction of sp³-hybridized carbons (Fsp3) is 0.529. The maximum atomic E-state index is 12.0. The molecule has 0 aliphatic carbocycles. The number of nitrogens with two attached hydrogens (primary N) is 1. The van der Waals surface area contributed by atoms with E-state index >= 15 is 0 Å². The molecule has 0 saturated carbocycles. The van der Waals surface area contributed by atoms with Gasteiger partial charge in [-0.3, -0.25) is 0 Å². The number of aliphatic imine (C=N–C) groups is 1. The van der Waals surface area contributed by atoms with Gasteiger partial charge in [-0.15, -0.1) is 24.0 Å². The van der Waals surface area contributed by atoms with Crippen molar-refractivity contribution in [2.45, 2.75) is 32.9 Å². The first-order valence-electron chi connectivity index (χ1n) is 8.02. The molecule has 1 heterocycles. The van der Waals surface area contributed by atoms with Gasteiger partial charge in [0.25, 0.3) is 0 Å². The van der Waals surface area contributed by atoms with E-state index in [1.807, 2.05) is 49.9 Å². The number of benzene rings is 1. The summed E-state index contributed by atoms with van der Waals surface area (Å²) in [6.45, 7) is 8.55. The van der Waals surface area contributed by atoms with E-state index in [9.17, 15) is 4.79 Å². The predicted molar refractivity (Wildman–Crippen MR) is 112 cm³/mol. The predicted octanol–water partition coefficient (Wildman–Crippen LogP) is 3.33. The summed E-state index contributed by atoms with van der Waals surface area (Å²) < 4.78 is 5.38. The van der Waals surface area contributed by atoms with Gasteiger partial charge in [0.2, 0.25) is 0 Å². The van der Waals surface area contributed by atoms with Crippen molar-refractivity contribution in [1.29, 1.82) is 0 Å². The molecule has 0 unspecified atom stereocenters. The lowest BCUT2D eigenvalue weighted by Crippen LogP contribution is -2.53. The minimum Gasteiger partial charge on any atom is -0.444 e. The molecule has 25 heavy (non-hydrogen) atoms. The summed E-state index contributed by atoms with van der Waals surface area (Å²) in [6.07, 6.45) is -0.279. The lowest BCUT2D eigenvalue weighted by molar-refractivity contribution is 0.0186. The van der Waals surface area contributed by atoms with Crippen LogP contribution in [-0.2, 0) is 11.3 Å². The number of hydrogen-bond acceptors (Lipinski definition) is 3. The third-order valence-electron chi connectivity index (χ3n) is 3.59. The van der Waals surface area contributed by atoms with Gasteiger partial charge in [-0.25, -0.2) is 9.79 Å². The molecule has 0 atom stereocenters. The Bertz CT molecular complexity index is 594. The Morgan fingerprint density at radius 2 is 1.68 bits per heavy atom. The van der Waals surface area contributed by atoms with Gasteiger partial charge in [0.05, 0.1) is 6.54 Å². The maximum Gasteiger partial charge on any atom is 0.410 e. The number of carbonyl (C=O) groups is 1. The number of halogens is 2. The van der Waals surface area contributed by atoms with Gasteiger partial charge in [-0.05, 0) is 38.5 Å². The fourth-order valence-corrected chi connectivity index (χ4v) is 2.43. The van der Waals surface area contributed by atoms with Crippen LogP contribution in [0.25, 0.3) is 0 Å². The van der Waals surface area contributed by atoms with Crippen LogP contribution in [0.15, 0.2) is 29.3 Å². The van der Waals surface area contributed by atoms with Crippen molar-refractivity contribution in [2.75, 3.05) is 26.2 Å². The van der Waals surface area contributed by atoms with Crippen molar-refractivity contribution in [2.24, 2.45) is 10.7 Å². The number of rotatable bonds is 2. The van der Waals surface area contributed by atoms with E-state index in [4.69, 9.17) is 22.1 Å². The summed E-state index contributed by atoms with van der Waals surface area (Å²) in [7, 11) is 0. The molecule has 1 aromatic rings. The third-order valence-corrected chi connectivity index (χ3v) is 3.84. The second-order valence-corrected chi connectivity index (χ2v) is 7.19. The van der Waals surface area contributed by atoms with E-state index < -0.39 is 5.60 Å². The lowest BCUT2D eigenvalue weighted by Gasteiger charge is -2.36. The van der Waals surface area contributed by atoms with Gasteiger partial charge in [-0.1, -0.05) is 23.7 Å². The highest BCUT2D eigenvalue weighted by atomic mass is 127. The normalized spacial score (nSPS) is 15.6. The first kappa shape index (κ1) is 21.8. The lowest BCUT2D eigenvalue weighted by atomic mass is 10.2. The molecule has 0 aromatic heterocycles. The van der Waals surface area contributed by atoms with Gasteiger partial charge < -0.3 is 20.3 Å². The zero-order valence-electron chi connectivity index (χ0n) is 14.9. The Morgan fingerprint density at radius 3 is 2.20 bits per heavy atom. The van der Waals surface area contributed by atoms with Crippen LogP contribution in [0.3, 0.4) is 0 Å². The van der Waals surface area contributed by atoms with Crippen molar-refractivity contribution in [3.63, 3.8) is 0 Å². The molecule has 1 aliphatic rings. The number of amides is 1. The highest BCUT2D eigenvalue weighted by Gasteiger charge is 2.26. The fourth-order valence-electron chi connectivity index (χ4n) is 2.31. The van der Waals surface area contributed by atoms with Crippen LogP contribution < -0.4 is 5.73 Å². The van der Waals surface area contributed by atoms with Crippen molar-refractivity contribution >= 4 is 47.6 Å². The molecular weight excluding hydrogens is 455 g/mol. The van der Waals surface area contributed by atoms with Crippen LogP contribution in [0.5, 0.6) is 0 Å². The SMILES string of the molecule is CC(C)(C)OC(=O)N1CCN(C(N)=NCc2ccc(Cl)cc2)CC1.I. The number of carbonyl (C=O) groups excluding carboxylic acids is 1. The van der Waals surface area contributed by atoms with E-state index in [1.165, 1.54) is 0 Å². The van der Waals surface area contributed by atoms with Crippen molar-refractivity contribution in [3.8, 4) is 0 Å². The van der Waals surface area contributed by atoms with Gasteiger partial charge in [0.1, 0.15) is 5.60 Å². The Balaban J connectivity index is 0.00000312. The minimum atomic E-state index is -0.479. The molecule has 0 bridgehead atoms. The van der Waals surface area contributed by atoms with E-state index in [-0.39, 0.29) is 30.1 Å². The molecule has 0 spiro atoms. The third kappa shape index (κ3) is 7.27. The molecule has 0 radical (unpaired) electrons. The summed E-state index contributed by atoms with van der Waals surface area (Å²) in [6, 6.07) is 7.53. The molecular formula is C17H26ClIN4O2. The molecule has 1 aliphatic heterocycles. The Morgan fingerprint density at radius 1 is 1.16 bits per heavy atom. The molecule has 1 aromatic carbocycles. The number of piperazine rings is 1. The molecule has 6 nitrogen and oxygen atoms in total. The molecule has 2 rings (SSSR count). The monoisotopic (exact) mass is 480 g/mol. The molecule has 140 valence electrons. The smallest absolute Gasteiger partial charge is 0.410 e. The van der Waals surface area contributed by atoms with E-state index in [0.29, 0.717) is 43.7 Å². The van der Waals surface area contributed by atoms with Crippen LogP contribution in [0.4, 0.5) is 4.79 Å². The van der Waals surface area contributed by atoms with Crippen LogP contribution in [0.2, 0.25) is 5.02 Å². The molecule has 1 saturated heterocycles. The molecule has 1 fully saturated rings. The first-order chi connectivity index (χ1) is 11.2. The van der Waals surface area contributed by atoms with Crippen LogP contribution in [0, 0.1) is 0 Å². The Kier molecular flexibility index (Phi) is 8.27. The second kappa shape index (κ2) is 9.47. The van der Waals surface area contributed by atoms with Crippen LogP contribution in [-0.4, -0.2) is 53.6 Å². The first-order valence-corrected chi connectivity index (χ1v) is 8.39. The Hall–Kier alpha value is -1.22. The zero-order chi connectivity index (χ0) is 17.7. The van der Waals surface area contributed by atoms with Crippen molar-refractivity contribution in [1.82, 2.24) is 9.80 Å². The largest absolute Gasteiger partial charge is 0.444 e. The summed E-state index contributed by atoms with van der Waals surface area (Å²) >= 11 is 5.86. The zero-order valence-corrected chi connectivity index (χ0v) is 18.0. The van der Waals surface area contributed by atoms with Gasteiger partial charge in [0.15, 0.2) is 5.96 Å². The standard InChI is InChI=1S/C17H25ClN4O2.HI/c1-17(2,3)24-16(23)22-10-8-21(9-11-22)15(19)20-12-13-4-6-14(18)7-5-13;/h4-7H,8-12H2,1-3H3,(H2,19,20);1H. The number of nitrogens with zero attached hydrogens (tertiary/aromatic N) is 3. The number of guanidine groups is 1. The minimum absolute atomic E-state index is 0. The van der Waals surface area contributed by atoms with Gasteiger partial charge in [0, 0.05) is 31.2 Å². The van der Waals surface area contributed by atoms with E-state index in [2.05, 4.69) is 4.99 Å². The highest BCUT2D eigenvalue weighted by molar-refractivity contribution is 14.0. The Labute approximate surface area is 171 Å². The molecule has 2 N–H and O–H groups in total. The van der Waals surface area contributed by atoms with Crippen molar-refractivity contribution < 1.29 is 9.53 Å². The topological polar surface area (TPSA) is 71.2 Å². The summed E-state index contributed by atoms with van der Waals surface area (Å²) in [4.78, 5) is 20.1. The summed E-state index contributed by atoms with van der Waals surface area (Å²) in [5.41, 5.74) is 6.64. The van der Waals surface area contributed by atoms with Gasteiger partial charge in [-0.2, -0.15) is 0 Å². The highest BCUT2D eigenvalue weighted by Crippen LogP contribution is 2.13. The van der Waals surface area contributed by atoms with Crippen molar-refractivity contribution in [3.05, 3.63) is 34.9 Å². The summed E-state index contributed by atoms with van der Waals surface area (Å²) in [5.74, 6) is 0.494. The number of hydrogen-bond donors (Lipinski definition) is 1. The average Bonchev–Trinajstić information content (AvgIpc) is 2.52. The van der Waals surface area contributed by atoms with E-state index in [1.54, 1.807) is 4.90 Å².